The molecule has 1 amide bonds. The first-order valence-corrected chi connectivity index (χ1v) is 9.89. The van der Waals surface area contributed by atoms with Gasteiger partial charge in [0.2, 0.25) is 15.9 Å². The van der Waals surface area contributed by atoms with Crippen LogP contribution < -0.4 is 10.0 Å². The normalized spacial score (nSPS) is 11.6. The minimum absolute atomic E-state index is 0.0479. The number of carbonyl (C=O) groups excluding carboxylic acids is 1. The third kappa shape index (κ3) is 4.24. The molecule has 0 unspecified atom stereocenters. The van der Waals surface area contributed by atoms with Crippen LogP contribution in [0.3, 0.4) is 0 Å². The number of sulfonamides is 1. The standard InChI is InChI=1S/C18H18ClN3O3S/c19-15-6-2-4-8-17(15)26(24,25)22-12-18(23)20-10-9-13-11-21-16-7-3-1-5-14(13)16/h1-8,11,21-22H,9-10,12H2,(H,20,23). The van der Waals surface area contributed by atoms with Crippen LogP contribution in [0.5, 0.6) is 0 Å². The van der Waals surface area contributed by atoms with Crippen LogP contribution in [0.1, 0.15) is 5.56 Å². The Morgan fingerprint density at radius 3 is 2.62 bits per heavy atom. The molecule has 26 heavy (non-hydrogen) atoms. The fourth-order valence-corrected chi connectivity index (χ4v) is 4.14. The number of fused-ring (bicyclic) bond motifs is 1. The van der Waals surface area contributed by atoms with Gasteiger partial charge >= 0.3 is 0 Å². The Hall–Kier alpha value is -2.35. The van der Waals surface area contributed by atoms with Gasteiger partial charge in [-0.15, -0.1) is 0 Å². The second kappa shape index (κ2) is 7.90. The second-order valence-electron chi connectivity index (χ2n) is 5.71. The number of benzene rings is 2. The summed E-state index contributed by atoms with van der Waals surface area (Å²) in [6, 6.07) is 14.0. The van der Waals surface area contributed by atoms with Crippen molar-refractivity contribution in [1.29, 1.82) is 0 Å². The number of carbonyl (C=O) groups is 1. The molecule has 1 aromatic heterocycles. The van der Waals surface area contributed by atoms with Gasteiger partial charge in [0.1, 0.15) is 4.90 Å². The van der Waals surface area contributed by atoms with E-state index in [2.05, 4.69) is 15.0 Å². The van der Waals surface area contributed by atoms with Crippen molar-refractivity contribution >= 4 is 38.4 Å². The van der Waals surface area contributed by atoms with Gasteiger partial charge in [-0.2, -0.15) is 0 Å². The smallest absolute Gasteiger partial charge is 0.242 e. The summed E-state index contributed by atoms with van der Waals surface area (Å²) in [7, 11) is -3.83. The predicted molar refractivity (Wildman–Crippen MR) is 102 cm³/mol. The lowest BCUT2D eigenvalue weighted by molar-refractivity contribution is -0.119. The first-order valence-electron chi connectivity index (χ1n) is 8.03. The highest BCUT2D eigenvalue weighted by molar-refractivity contribution is 7.89. The summed E-state index contributed by atoms with van der Waals surface area (Å²) in [5, 5.41) is 3.93. The maximum atomic E-state index is 12.2. The van der Waals surface area contributed by atoms with E-state index < -0.39 is 15.9 Å². The first-order chi connectivity index (χ1) is 12.5. The summed E-state index contributed by atoms with van der Waals surface area (Å²) in [6.07, 6.45) is 2.56. The van der Waals surface area contributed by atoms with E-state index in [1.807, 2.05) is 30.5 Å². The number of halogens is 1. The van der Waals surface area contributed by atoms with Crippen molar-refractivity contribution in [2.75, 3.05) is 13.1 Å². The molecule has 2 aromatic carbocycles. The molecular formula is C18H18ClN3O3S. The molecule has 6 nitrogen and oxygen atoms in total. The maximum absolute atomic E-state index is 12.2. The van der Waals surface area contributed by atoms with E-state index in [4.69, 9.17) is 11.6 Å². The van der Waals surface area contributed by atoms with Crippen LogP contribution in [-0.4, -0.2) is 32.4 Å². The lowest BCUT2D eigenvalue weighted by Crippen LogP contribution is -2.37. The van der Waals surface area contributed by atoms with Gasteiger partial charge in [-0.05, 0) is 30.2 Å². The van der Waals surface area contributed by atoms with Gasteiger partial charge < -0.3 is 10.3 Å². The molecule has 0 aliphatic carbocycles. The quantitative estimate of drug-likeness (QED) is 0.577. The number of rotatable bonds is 7. The molecule has 0 bridgehead atoms. The van der Waals surface area contributed by atoms with Crippen molar-refractivity contribution < 1.29 is 13.2 Å². The molecule has 0 aliphatic rings. The Kier molecular flexibility index (Phi) is 5.61. The van der Waals surface area contributed by atoms with E-state index in [9.17, 15) is 13.2 Å². The molecule has 136 valence electrons. The number of aromatic amines is 1. The van der Waals surface area contributed by atoms with Gasteiger partial charge in [0.15, 0.2) is 0 Å². The fourth-order valence-electron chi connectivity index (χ4n) is 2.64. The molecular weight excluding hydrogens is 374 g/mol. The lowest BCUT2D eigenvalue weighted by Gasteiger charge is -2.09. The number of aromatic nitrogens is 1. The maximum Gasteiger partial charge on any atom is 0.242 e. The topological polar surface area (TPSA) is 91.1 Å². The number of para-hydroxylation sites is 1. The minimum Gasteiger partial charge on any atom is -0.361 e. The van der Waals surface area contributed by atoms with Crippen LogP contribution in [0.4, 0.5) is 0 Å². The van der Waals surface area contributed by atoms with E-state index in [-0.39, 0.29) is 16.5 Å². The molecule has 3 aromatic rings. The van der Waals surface area contributed by atoms with E-state index in [0.717, 1.165) is 16.5 Å². The summed E-state index contributed by atoms with van der Waals surface area (Å²) in [5.41, 5.74) is 2.14. The molecule has 0 saturated carbocycles. The van der Waals surface area contributed by atoms with E-state index >= 15 is 0 Å². The largest absolute Gasteiger partial charge is 0.361 e. The van der Waals surface area contributed by atoms with Gasteiger partial charge in [0, 0.05) is 23.6 Å². The zero-order valence-electron chi connectivity index (χ0n) is 13.8. The van der Waals surface area contributed by atoms with Crippen molar-refractivity contribution in [3.63, 3.8) is 0 Å². The zero-order chi connectivity index (χ0) is 18.6. The predicted octanol–water partition coefficient (Wildman–Crippen LogP) is 2.46. The molecule has 0 fully saturated rings. The molecule has 0 spiro atoms. The van der Waals surface area contributed by atoms with E-state index in [1.54, 1.807) is 12.1 Å². The van der Waals surface area contributed by atoms with Gasteiger partial charge in [0.25, 0.3) is 0 Å². The number of amides is 1. The molecule has 0 radical (unpaired) electrons. The summed E-state index contributed by atoms with van der Waals surface area (Å²) in [6.45, 7) is 0.0654. The second-order valence-corrected chi connectivity index (χ2v) is 7.86. The average Bonchev–Trinajstić information content (AvgIpc) is 3.04. The van der Waals surface area contributed by atoms with Crippen LogP contribution >= 0.6 is 11.6 Å². The van der Waals surface area contributed by atoms with Gasteiger partial charge in [0.05, 0.1) is 11.6 Å². The lowest BCUT2D eigenvalue weighted by atomic mass is 10.1. The molecule has 0 saturated heterocycles. The highest BCUT2D eigenvalue weighted by atomic mass is 35.5. The Morgan fingerprint density at radius 1 is 1.08 bits per heavy atom. The highest BCUT2D eigenvalue weighted by Gasteiger charge is 2.18. The van der Waals surface area contributed by atoms with Crippen LogP contribution in [0.25, 0.3) is 10.9 Å². The SMILES string of the molecule is O=C(CNS(=O)(=O)c1ccccc1Cl)NCCc1c[nH]c2ccccc12. The van der Waals surface area contributed by atoms with Crippen molar-refractivity contribution in [1.82, 2.24) is 15.0 Å². The summed E-state index contributed by atoms with van der Waals surface area (Å²) in [4.78, 5) is 15.0. The van der Waals surface area contributed by atoms with Crippen molar-refractivity contribution in [2.45, 2.75) is 11.3 Å². The number of hydrogen-bond donors (Lipinski definition) is 3. The number of nitrogens with one attached hydrogen (secondary N) is 3. The molecule has 3 N–H and O–H groups in total. The number of hydrogen-bond acceptors (Lipinski definition) is 3. The highest BCUT2D eigenvalue weighted by Crippen LogP contribution is 2.20. The monoisotopic (exact) mass is 391 g/mol. The van der Waals surface area contributed by atoms with Crippen molar-refractivity contribution in [2.24, 2.45) is 0 Å². The number of H-pyrrole nitrogens is 1. The Balaban J connectivity index is 1.51. The molecule has 3 rings (SSSR count). The molecule has 0 atom stereocenters. The summed E-state index contributed by atoms with van der Waals surface area (Å²) < 4.78 is 26.6. The third-order valence-electron chi connectivity index (χ3n) is 3.94. The van der Waals surface area contributed by atoms with Crippen LogP contribution in [-0.2, 0) is 21.2 Å². The molecule has 0 aliphatic heterocycles. The van der Waals surface area contributed by atoms with Crippen LogP contribution in [0.15, 0.2) is 59.6 Å². The van der Waals surface area contributed by atoms with Gasteiger partial charge in [-0.1, -0.05) is 41.9 Å². The summed E-state index contributed by atoms with van der Waals surface area (Å²) in [5.74, 6) is -0.402. The van der Waals surface area contributed by atoms with Gasteiger partial charge in [-0.3, -0.25) is 4.79 Å². The van der Waals surface area contributed by atoms with E-state index in [1.165, 1.54) is 12.1 Å². The Bertz CT molecular complexity index is 1030. The zero-order valence-corrected chi connectivity index (χ0v) is 15.4. The fraction of sp³-hybridized carbons (Fsp3) is 0.167. The average molecular weight is 392 g/mol. The van der Waals surface area contributed by atoms with Crippen molar-refractivity contribution in [3.8, 4) is 0 Å². The first kappa shape index (κ1) is 18.4. The van der Waals surface area contributed by atoms with Crippen LogP contribution in [0.2, 0.25) is 5.02 Å². The molecule has 1 heterocycles. The Morgan fingerprint density at radius 2 is 1.81 bits per heavy atom. The Labute approximate surface area is 156 Å². The van der Waals surface area contributed by atoms with Crippen molar-refractivity contribution in [3.05, 3.63) is 65.3 Å². The van der Waals surface area contributed by atoms with Crippen LogP contribution in [0, 0.1) is 0 Å². The third-order valence-corrected chi connectivity index (χ3v) is 5.84. The van der Waals surface area contributed by atoms with E-state index in [0.29, 0.717) is 13.0 Å². The minimum atomic E-state index is -3.83. The van der Waals surface area contributed by atoms with Gasteiger partial charge in [-0.25, -0.2) is 13.1 Å². The summed E-state index contributed by atoms with van der Waals surface area (Å²) >= 11 is 5.89. The molecule has 8 heteroatoms.